The van der Waals surface area contributed by atoms with E-state index in [1.54, 1.807) is 7.11 Å². The van der Waals surface area contributed by atoms with Crippen LogP contribution in [0.15, 0.2) is 42.0 Å². The van der Waals surface area contributed by atoms with Gasteiger partial charge in [-0.25, -0.2) is 0 Å². The zero-order valence-electron chi connectivity index (χ0n) is 14.1. The molecule has 2 rings (SSSR count). The molecule has 1 aliphatic carbocycles. The lowest BCUT2D eigenvalue weighted by atomic mass is 10.1. The van der Waals surface area contributed by atoms with Crippen LogP contribution in [0.2, 0.25) is 0 Å². The van der Waals surface area contributed by atoms with Gasteiger partial charge in [0.15, 0.2) is 6.10 Å². The number of esters is 1. The number of carbonyl (C=O) groups is 1. The van der Waals surface area contributed by atoms with Gasteiger partial charge in [0.25, 0.3) is 0 Å². The highest BCUT2D eigenvalue weighted by Crippen LogP contribution is 2.60. The van der Waals surface area contributed by atoms with Gasteiger partial charge in [0.2, 0.25) is 0 Å². The van der Waals surface area contributed by atoms with E-state index in [9.17, 15) is 4.79 Å². The van der Waals surface area contributed by atoms with Crippen molar-refractivity contribution in [3.05, 3.63) is 47.5 Å². The van der Waals surface area contributed by atoms with E-state index >= 15 is 0 Å². The van der Waals surface area contributed by atoms with Gasteiger partial charge in [-0.2, -0.15) is 0 Å². The Morgan fingerprint density at radius 3 is 2.45 bits per heavy atom. The third kappa shape index (κ3) is 3.58. The topological polar surface area (TPSA) is 35.5 Å². The van der Waals surface area contributed by atoms with Crippen LogP contribution >= 0.6 is 0 Å². The van der Waals surface area contributed by atoms with Crippen molar-refractivity contribution in [3.63, 3.8) is 0 Å². The lowest BCUT2D eigenvalue weighted by Crippen LogP contribution is -2.18. The van der Waals surface area contributed by atoms with Crippen LogP contribution in [0.5, 0.6) is 0 Å². The van der Waals surface area contributed by atoms with Crippen LogP contribution in [0.1, 0.15) is 39.4 Å². The first-order chi connectivity index (χ1) is 10.4. The van der Waals surface area contributed by atoms with Gasteiger partial charge in [-0.15, -0.1) is 0 Å². The smallest absolute Gasteiger partial charge is 0.310 e. The molecule has 0 N–H and O–H groups in total. The lowest BCUT2D eigenvalue weighted by molar-refractivity contribution is -0.154. The molecule has 0 aliphatic heterocycles. The molecule has 1 fully saturated rings. The molecule has 3 unspecified atom stereocenters. The molecule has 1 saturated carbocycles. The molecule has 120 valence electrons. The Morgan fingerprint density at radius 1 is 1.27 bits per heavy atom. The maximum absolute atomic E-state index is 12.6. The Bertz CT molecular complexity index is 541. The maximum atomic E-state index is 12.6. The summed E-state index contributed by atoms with van der Waals surface area (Å²) < 4.78 is 11.0. The van der Waals surface area contributed by atoms with Crippen molar-refractivity contribution >= 4 is 5.97 Å². The van der Waals surface area contributed by atoms with E-state index in [-0.39, 0.29) is 29.3 Å². The van der Waals surface area contributed by atoms with Crippen LogP contribution in [0.3, 0.4) is 0 Å². The molecule has 22 heavy (non-hydrogen) atoms. The Balaban J connectivity index is 2.08. The minimum atomic E-state index is -0.345. The second kappa shape index (κ2) is 6.66. The lowest BCUT2D eigenvalue weighted by Gasteiger charge is -2.18. The fourth-order valence-electron chi connectivity index (χ4n) is 3.03. The SMILES string of the molecule is COCC(OC(=O)C1C(C=C(C)C)C1(C)C)c1ccccc1. The molecular weight excluding hydrogens is 276 g/mol. The van der Waals surface area contributed by atoms with Crippen molar-refractivity contribution in [2.24, 2.45) is 17.3 Å². The van der Waals surface area contributed by atoms with Gasteiger partial charge in [0.1, 0.15) is 0 Å². The van der Waals surface area contributed by atoms with Gasteiger partial charge in [0, 0.05) is 7.11 Å². The fourth-order valence-corrected chi connectivity index (χ4v) is 3.03. The predicted molar refractivity (Wildman–Crippen MR) is 87.3 cm³/mol. The number of rotatable bonds is 6. The van der Waals surface area contributed by atoms with E-state index in [1.165, 1.54) is 5.57 Å². The summed E-state index contributed by atoms with van der Waals surface area (Å²) in [6.07, 6.45) is 1.84. The standard InChI is InChI=1S/C19H26O3/c1-13(2)11-15-17(19(15,3)4)18(20)22-16(12-21-5)14-9-7-6-8-10-14/h6-11,15-17H,12H2,1-5H3. The molecule has 3 atom stereocenters. The van der Waals surface area contributed by atoms with Gasteiger partial charge in [-0.3, -0.25) is 4.79 Å². The number of allylic oxidation sites excluding steroid dienone is 2. The first-order valence-corrected chi connectivity index (χ1v) is 7.77. The normalized spacial score (nSPS) is 23.5. The fraction of sp³-hybridized carbons (Fsp3) is 0.526. The second-order valence-electron chi connectivity index (χ2n) is 6.86. The van der Waals surface area contributed by atoms with Crippen LogP contribution in [-0.4, -0.2) is 19.7 Å². The van der Waals surface area contributed by atoms with E-state index < -0.39 is 0 Å². The maximum Gasteiger partial charge on any atom is 0.310 e. The summed E-state index contributed by atoms with van der Waals surface area (Å²) in [4.78, 5) is 12.6. The van der Waals surface area contributed by atoms with Gasteiger partial charge in [0.05, 0.1) is 12.5 Å². The first-order valence-electron chi connectivity index (χ1n) is 7.77. The van der Waals surface area contributed by atoms with Crippen molar-refractivity contribution in [1.82, 2.24) is 0 Å². The Morgan fingerprint density at radius 2 is 1.91 bits per heavy atom. The third-order valence-electron chi connectivity index (χ3n) is 4.43. The minimum Gasteiger partial charge on any atom is -0.455 e. The average molecular weight is 302 g/mol. The van der Waals surface area contributed by atoms with Crippen LogP contribution in [-0.2, 0) is 14.3 Å². The molecular formula is C19H26O3. The predicted octanol–water partition coefficient (Wildman–Crippen LogP) is 4.16. The molecule has 0 heterocycles. The molecule has 1 aromatic carbocycles. The van der Waals surface area contributed by atoms with Crippen LogP contribution in [0.4, 0.5) is 0 Å². The summed E-state index contributed by atoms with van der Waals surface area (Å²) in [5.41, 5.74) is 2.18. The van der Waals surface area contributed by atoms with E-state index in [4.69, 9.17) is 9.47 Å². The van der Waals surface area contributed by atoms with Crippen molar-refractivity contribution in [2.45, 2.75) is 33.8 Å². The van der Waals surface area contributed by atoms with Crippen molar-refractivity contribution in [3.8, 4) is 0 Å². The zero-order valence-corrected chi connectivity index (χ0v) is 14.1. The molecule has 0 bridgehead atoms. The first kappa shape index (κ1) is 16.8. The molecule has 1 aliphatic rings. The van der Waals surface area contributed by atoms with Crippen LogP contribution in [0.25, 0.3) is 0 Å². The molecule has 3 nitrogen and oxygen atoms in total. The highest BCUT2D eigenvalue weighted by molar-refractivity contribution is 5.78. The molecule has 1 aromatic rings. The Kier molecular flexibility index (Phi) is 5.07. The molecule has 0 radical (unpaired) electrons. The van der Waals surface area contributed by atoms with Gasteiger partial charge in [-0.05, 0) is 30.7 Å². The van der Waals surface area contributed by atoms with E-state index in [0.29, 0.717) is 6.61 Å². The number of benzene rings is 1. The van der Waals surface area contributed by atoms with E-state index in [1.807, 2.05) is 30.3 Å². The quantitative estimate of drug-likeness (QED) is 0.585. The highest BCUT2D eigenvalue weighted by atomic mass is 16.6. The third-order valence-corrected chi connectivity index (χ3v) is 4.43. The molecule has 0 aromatic heterocycles. The van der Waals surface area contributed by atoms with Crippen molar-refractivity contribution < 1.29 is 14.3 Å². The molecule has 0 spiro atoms. The van der Waals surface area contributed by atoms with Gasteiger partial charge in [-0.1, -0.05) is 55.8 Å². The zero-order chi connectivity index (χ0) is 16.3. The number of hydrogen-bond donors (Lipinski definition) is 0. The molecule has 0 amide bonds. The van der Waals surface area contributed by atoms with Crippen LogP contribution < -0.4 is 0 Å². The van der Waals surface area contributed by atoms with Crippen LogP contribution in [0, 0.1) is 17.3 Å². The highest BCUT2D eigenvalue weighted by Gasteiger charge is 2.61. The summed E-state index contributed by atoms with van der Waals surface area (Å²) in [6.45, 7) is 8.74. The van der Waals surface area contributed by atoms with Crippen molar-refractivity contribution in [1.29, 1.82) is 0 Å². The van der Waals surface area contributed by atoms with Gasteiger partial charge >= 0.3 is 5.97 Å². The van der Waals surface area contributed by atoms with Gasteiger partial charge < -0.3 is 9.47 Å². The molecule has 0 saturated heterocycles. The summed E-state index contributed by atoms with van der Waals surface area (Å²) in [5.74, 6) is 0.0767. The number of methoxy groups -OCH3 is 1. The monoisotopic (exact) mass is 302 g/mol. The summed E-state index contributed by atoms with van der Waals surface area (Å²) >= 11 is 0. The second-order valence-corrected chi connectivity index (χ2v) is 6.86. The number of hydrogen-bond acceptors (Lipinski definition) is 3. The van der Waals surface area contributed by atoms with E-state index in [0.717, 1.165) is 5.56 Å². The molecule has 3 heteroatoms. The Labute approximate surface area is 133 Å². The average Bonchev–Trinajstić information content (AvgIpc) is 2.99. The number of carbonyl (C=O) groups excluding carboxylic acids is 1. The van der Waals surface area contributed by atoms with Crippen molar-refractivity contribution in [2.75, 3.05) is 13.7 Å². The summed E-state index contributed by atoms with van der Waals surface area (Å²) in [7, 11) is 1.62. The van der Waals surface area contributed by atoms with E-state index in [2.05, 4.69) is 33.8 Å². The number of ether oxygens (including phenoxy) is 2. The minimum absolute atomic E-state index is 0.0251. The summed E-state index contributed by atoms with van der Waals surface area (Å²) in [5, 5.41) is 0. The summed E-state index contributed by atoms with van der Waals surface area (Å²) in [6, 6.07) is 9.76. The Hall–Kier alpha value is -1.61. The largest absolute Gasteiger partial charge is 0.455 e.